The highest BCUT2D eigenvalue weighted by Crippen LogP contribution is 2.57. The third-order valence-corrected chi connectivity index (χ3v) is 6.37. The Morgan fingerprint density at radius 1 is 0.571 bits per heavy atom. The molecule has 1 aliphatic rings. The molecular weight excluding hydrogens is 408 g/mol. The summed E-state index contributed by atoms with van der Waals surface area (Å²) in [4.78, 5) is 0. The Bertz CT molecular complexity index is 1130. The van der Waals surface area contributed by atoms with Gasteiger partial charge in [-0.05, 0) is 58.1 Å². The molecule has 5 rings (SSSR count). The summed E-state index contributed by atoms with van der Waals surface area (Å²) >= 11 is 3.80. The standard InChI is InChI=1S/C25H19BrN2/c26-23-7-3-6-22-24(23)20-4-1-2-5-21(20)25(22,16-8-12-18(27)13-9-16)17-10-14-19(28)15-11-17/h1-15H,27-28H2. The monoisotopic (exact) mass is 426 g/mol. The second-order valence-electron chi connectivity index (χ2n) is 7.20. The zero-order valence-corrected chi connectivity index (χ0v) is 16.8. The summed E-state index contributed by atoms with van der Waals surface area (Å²) in [5.41, 5.74) is 20.5. The molecule has 0 saturated carbocycles. The Hall–Kier alpha value is -3.04. The van der Waals surface area contributed by atoms with Crippen molar-refractivity contribution in [1.29, 1.82) is 0 Å². The topological polar surface area (TPSA) is 52.0 Å². The molecular formula is C25H19BrN2. The first kappa shape index (κ1) is 17.1. The van der Waals surface area contributed by atoms with E-state index in [0.717, 1.165) is 15.8 Å². The van der Waals surface area contributed by atoms with Gasteiger partial charge >= 0.3 is 0 Å². The number of halogens is 1. The SMILES string of the molecule is Nc1ccc(C2(c3ccc(N)cc3)c3ccccc3-c3c(Br)cccc32)cc1. The van der Waals surface area contributed by atoms with Crippen LogP contribution in [0.3, 0.4) is 0 Å². The maximum atomic E-state index is 6.02. The van der Waals surface area contributed by atoms with Crippen LogP contribution in [0.1, 0.15) is 22.3 Å². The van der Waals surface area contributed by atoms with E-state index in [0.29, 0.717) is 0 Å². The summed E-state index contributed by atoms with van der Waals surface area (Å²) < 4.78 is 1.10. The van der Waals surface area contributed by atoms with Crippen LogP contribution in [0.15, 0.2) is 95.5 Å². The predicted molar refractivity (Wildman–Crippen MR) is 120 cm³/mol. The van der Waals surface area contributed by atoms with E-state index in [9.17, 15) is 0 Å². The molecule has 0 heterocycles. The zero-order valence-electron chi connectivity index (χ0n) is 15.2. The summed E-state index contributed by atoms with van der Waals surface area (Å²) in [5, 5.41) is 0. The van der Waals surface area contributed by atoms with E-state index < -0.39 is 5.41 Å². The quantitative estimate of drug-likeness (QED) is 0.341. The van der Waals surface area contributed by atoms with Gasteiger partial charge in [0.1, 0.15) is 0 Å². The molecule has 1 aliphatic carbocycles. The summed E-state index contributed by atoms with van der Waals surface area (Å²) in [6.07, 6.45) is 0. The number of nitrogen functional groups attached to an aromatic ring is 2. The van der Waals surface area contributed by atoms with Gasteiger partial charge in [-0.15, -0.1) is 0 Å². The third-order valence-electron chi connectivity index (χ3n) is 5.71. The van der Waals surface area contributed by atoms with Crippen molar-refractivity contribution in [2.45, 2.75) is 5.41 Å². The lowest BCUT2D eigenvalue weighted by molar-refractivity contribution is 0.768. The van der Waals surface area contributed by atoms with Crippen LogP contribution in [0.25, 0.3) is 11.1 Å². The molecule has 0 amide bonds. The summed E-state index contributed by atoms with van der Waals surface area (Å²) in [5.74, 6) is 0. The fraction of sp³-hybridized carbons (Fsp3) is 0.0400. The molecule has 0 unspecified atom stereocenters. The van der Waals surface area contributed by atoms with E-state index >= 15 is 0 Å². The lowest BCUT2D eigenvalue weighted by atomic mass is 9.67. The van der Waals surface area contributed by atoms with Crippen LogP contribution >= 0.6 is 15.9 Å². The van der Waals surface area contributed by atoms with E-state index in [1.807, 2.05) is 24.3 Å². The predicted octanol–water partition coefficient (Wildman–Crippen LogP) is 5.98. The van der Waals surface area contributed by atoms with Crippen LogP contribution in [-0.2, 0) is 5.41 Å². The minimum absolute atomic E-state index is 0.420. The summed E-state index contributed by atoms with van der Waals surface area (Å²) in [6.45, 7) is 0. The number of anilines is 2. The molecule has 0 spiro atoms. The van der Waals surface area contributed by atoms with Crippen LogP contribution in [-0.4, -0.2) is 0 Å². The Morgan fingerprint density at radius 2 is 1.11 bits per heavy atom. The molecule has 4 aromatic rings. The molecule has 4 aromatic carbocycles. The van der Waals surface area contributed by atoms with Gasteiger partial charge in [0.25, 0.3) is 0 Å². The first-order valence-electron chi connectivity index (χ1n) is 9.23. The number of rotatable bonds is 2. The highest BCUT2D eigenvalue weighted by Gasteiger charge is 2.46. The minimum Gasteiger partial charge on any atom is -0.399 e. The van der Waals surface area contributed by atoms with Crippen LogP contribution < -0.4 is 11.5 Å². The summed E-state index contributed by atoms with van der Waals surface area (Å²) in [7, 11) is 0. The molecule has 4 N–H and O–H groups in total. The molecule has 136 valence electrons. The lowest BCUT2D eigenvalue weighted by Gasteiger charge is -2.34. The average molecular weight is 427 g/mol. The number of benzene rings is 4. The van der Waals surface area contributed by atoms with Crippen molar-refractivity contribution >= 4 is 27.3 Å². The maximum Gasteiger partial charge on any atom is 0.0714 e. The summed E-state index contributed by atoms with van der Waals surface area (Å²) in [6, 6.07) is 31.6. The Labute approximate surface area is 173 Å². The molecule has 0 radical (unpaired) electrons. The van der Waals surface area contributed by atoms with Gasteiger partial charge in [-0.3, -0.25) is 0 Å². The van der Waals surface area contributed by atoms with Crippen molar-refractivity contribution < 1.29 is 0 Å². The lowest BCUT2D eigenvalue weighted by Crippen LogP contribution is -2.28. The average Bonchev–Trinajstić information content (AvgIpc) is 3.02. The highest BCUT2D eigenvalue weighted by atomic mass is 79.9. The Kier molecular flexibility index (Phi) is 3.81. The fourth-order valence-electron chi connectivity index (χ4n) is 4.54. The van der Waals surface area contributed by atoms with E-state index in [2.05, 4.69) is 82.7 Å². The van der Waals surface area contributed by atoms with Crippen LogP contribution in [0.5, 0.6) is 0 Å². The van der Waals surface area contributed by atoms with E-state index in [-0.39, 0.29) is 0 Å². The van der Waals surface area contributed by atoms with E-state index in [4.69, 9.17) is 11.5 Å². The highest BCUT2D eigenvalue weighted by molar-refractivity contribution is 9.10. The zero-order chi connectivity index (χ0) is 19.3. The molecule has 0 atom stereocenters. The van der Waals surface area contributed by atoms with Crippen LogP contribution in [0, 0.1) is 0 Å². The van der Waals surface area contributed by atoms with Crippen molar-refractivity contribution in [2.24, 2.45) is 0 Å². The van der Waals surface area contributed by atoms with Crippen molar-refractivity contribution in [2.75, 3.05) is 11.5 Å². The van der Waals surface area contributed by atoms with Gasteiger partial charge in [0.2, 0.25) is 0 Å². The van der Waals surface area contributed by atoms with Gasteiger partial charge in [-0.1, -0.05) is 76.6 Å². The maximum absolute atomic E-state index is 6.02. The largest absolute Gasteiger partial charge is 0.399 e. The third kappa shape index (κ3) is 2.26. The minimum atomic E-state index is -0.420. The molecule has 0 bridgehead atoms. The molecule has 3 heteroatoms. The van der Waals surface area contributed by atoms with Gasteiger partial charge < -0.3 is 11.5 Å². The normalized spacial score (nSPS) is 13.8. The van der Waals surface area contributed by atoms with E-state index in [1.165, 1.54) is 33.4 Å². The molecule has 2 nitrogen and oxygen atoms in total. The molecule has 0 aliphatic heterocycles. The van der Waals surface area contributed by atoms with Gasteiger partial charge in [-0.25, -0.2) is 0 Å². The molecule has 0 saturated heterocycles. The van der Waals surface area contributed by atoms with Crippen molar-refractivity contribution in [3.63, 3.8) is 0 Å². The first-order valence-corrected chi connectivity index (χ1v) is 10.0. The number of fused-ring (bicyclic) bond motifs is 3. The second-order valence-corrected chi connectivity index (χ2v) is 8.06. The molecule has 0 fully saturated rings. The molecule has 0 aromatic heterocycles. The van der Waals surface area contributed by atoms with Gasteiger partial charge in [-0.2, -0.15) is 0 Å². The van der Waals surface area contributed by atoms with Crippen LogP contribution in [0.4, 0.5) is 11.4 Å². The first-order chi connectivity index (χ1) is 13.6. The number of hydrogen-bond acceptors (Lipinski definition) is 2. The van der Waals surface area contributed by atoms with Crippen LogP contribution in [0.2, 0.25) is 0 Å². The van der Waals surface area contributed by atoms with Gasteiger partial charge in [0, 0.05) is 21.4 Å². The van der Waals surface area contributed by atoms with Crippen molar-refractivity contribution in [3.05, 3.63) is 118 Å². The number of nitrogens with two attached hydrogens (primary N) is 2. The van der Waals surface area contributed by atoms with E-state index in [1.54, 1.807) is 0 Å². The fourth-order valence-corrected chi connectivity index (χ4v) is 5.12. The van der Waals surface area contributed by atoms with Gasteiger partial charge in [0.05, 0.1) is 5.41 Å². The Balaban J connectivity index is 1.97. The molecule has 28 heavy (non-hydrogen) atoms. The number of hydrogen-bond donors (Lipinski definition) is 2. The smallest absolute Gasteiger partial charge is 0.0714 e. The van der Waals surface area contributed by atoms with Gasteiger partial charge in [0.15, 0.2) is 0 Å². The Morgan fingerprint density at radius 3 is 1.71 bits per heavy atom. The van der Waals surface area contributed by atoms with Crippen molar-refractivity contribution in [3.8, 4) is 11.1 Å². The second kappa shape index (κ2) is 6.25. The van der Waals surface area contributed by atoms with Crippen molar-refractivity contribution in [1.82, 2.24) is 0 Å².